The second-order valence-electron chi connectivity index (χ2n) is 5.89. The van der Waals surface area contributed by atoms with Crippen LogP contribution in [-0.4, -0.2) is 39.0 Å². The van der Waals surface area contributed by atoms with Gasteiger partial charge in [0, 0.05) is 30.8 Å². The summed E-state index contributed by atoms with van der Waals surface area (Å²) >= 11 is 0. The first-order chi connectivity index (χ1) is 11.8. The van der Waals surface area contributed by atoms with Crippen LogP contribution in [0.1, 0.15) is 17.0 Å². The number of aromatic nitrogens is 4. The van der Waals surface area contributed by atoms with Crippen LogP contribution < -0.4 is 5.32 Å². The molecular formula is C17H19N5O2. The molecule has 0 saturated heterocycles. The van der Waals surface area contributed by atoms with E-state index in [1.54, 1.807) is 4.68 Å². The first-order valence-electron chi connectivity index (χ1n) is 8.01. The molecule has 0 unspecified atom stereocenters. The van der Waals surface area contributed by atoms with Crippen molar-refractivity contribution in [3.63, 3.8) is 0 Å². The van der Waals surface area contributed by atoms with Crippen LogP contribution in [0.3, 0.4) is 0 Å². The van der Waals surface area contributed by atoms with Gasteiger partial charge in [-0.05, 0) is 12.1 Å². The van der Waals surface area contributed by atoms with Gasteiger partial charge in [0.25, 0.3) is 0 Å². The van der Waals surface area contributed by atoms with Gasteiger partial charge >= 0.3 is 5.97 Å². The van der Waals surface area contributed by atoms with E-state index < -0.39 is 0 Å². The monoisotopic (exact) mass is 325 g/mol. The fourth-order valence-electron chi connectivity index (χ4n) is 3.24. The summed E-state index contributed by atoms with van der Waals surface area (Å²) in [5.41, 5.74) is 5.33. The van der Waals surface area contributed by atoms with E-state index in [1.807, 2.05) is 24.5 Å². The van der Waals surface area contributed by atoms with Crippen LogP contribution in [-0.2, 0) is 35.6 Å². The molecule has 124 valence electrons. The van der Waals surface area contributed by atoms with Crippen LogP contribution in [0.4, 0.5) is 0 Å². The number of hydrogen-bond donors (Lipinski definition) is 1. The zero-order valence-electron chi connectivity index (χ0n) is 13.5. The average molecular weight is 325 g/mol. The number of carbonyl (C=O) groups is 1. The zero-order chi connectivity index (χ0) is 16.5. The third-order valence-electron chi connectivity index (χ3n) is 4.44. The Kier molecular flexibility index (Phi) is 3.78. The van der Waals surface area contributed by atoms with Crippen LogP contribution in [0.2, 0.25) is 0 Å². The predicted molar refractivity (Wildman–Crippen MR) is 88.5 cm³/mol. The number of methoxy groups -OCH3 is 1. The van der Waals surface area contributed by atoms with Gasteiger partial charge in [-0.3, -0.25) is 9.48 Å². The Morgan fingerprint density at radius 3 is 3.12 bits per heavy atom. The highest BCUT2D eigenvalue weighted by molar-refractivity contribution is 5.75. The highest BCUT2D eigenvalue weighted by atomic mass is 16.5. The molecule has 0 saturated carbocycles. The number of para-hydroxylation sites is 2. The lowest BCUT2D eigenvalue weighted by molar-refractivity contribution is -0.141. The number of imidazole rings is 1. The Labute approximate surface area is 139 Å². The van der Waals surface area contributed by atoms with Crippen molar-refractivity contribution in [2.24, 2.45) is 0 Å². The summed E-state index contributed by atoms with van der Waals surface area (Å²) in [6, 6.07) is 8.04. The minimum atomic E-state index is -0.279. The van der Waals surface area contributed by atoms with Gasteiger partial charge in [-0.15, -0.1) is 0 Å². The summed E-state index contributed by atoms with van der Waals surface area (Å²) in [5.74, 6) is -0.279. The largest absolute Gasteiger partial charge is 0.468 e. The van der Waals surface area contributed by atoms with Crippen LogP contribution >= 0.6 is 0 Å². The van der Waals surface area contributed by atoms with Crippen molar-refractivity contribution in [2.75, 3.05) is 13.7 Å². The van der Waals surface area contributed by atoms with E-state index in [1.165, 1.54) is 12.7 Å². The maximum atomic E-state index is 11.7. The van der Waals surface area contributed by atoms with E-state index >= 15 is 0 Å². The number of nitrogens with one attached hydrogen (secondary N) is 1. The normalized spacial score (nSPS) is 13.9. The molecule has 0 radical (unpaired) electrons. The molecule has 24 heavy (non-hydrogen) atoms. The van der Waals surface area contributed by atoms with E-state index in [0.29, 0.717) is 6.54 Å². The van der Waals surface area contributed by atoms with Crippen LogP contribution in [0, 0.1) is 0 Å². The quantitative estimate of drug-likeness (QED) is 0.727. The Morgan fingerprint density at radius 2 is 2.25 bits per heavy atom. The molecule has 7 heteroatoms. The average Bonchev–Trinajstić information content (AvgIpc) is 3.18. The highest BCUT2D eigenvalue weighted by Gasteiger charge is 2.22. The first kappa shape index (κ1) is 14.9. The van der Waals surface area contributed by atoms with Crippen LogP contribution in [0.15, 0.2) is 30.6 Å². The maximum absolute atomic E-state index is 11.7. The Balaban J connectivity index is 1.71. The summed E-state index contributed by atoms with van der Waals surface area (Å²) in [4.78, 5) is 16.1. The lowest BCUT2D eigenvalue weighted by Gasteiger charge is -2.15. The SMILES string of the molecule is COC(=O)Cn1nc(Cn2cnc3ccccc32)c2c1CCNC2. The van der Waals surface area contributed by atoms with Crippen LogP contribution in [0.5, 0.6) is 0 Å². The number of nitrogens with zero attached hydrogens (tertiary/aromatic N) is 4. The first-order valence-corrected chi connectivity index (χ1v) is 8.01. The van der Waals surface area contributed by atoms with E-state index in [2.05, 4.69) is 26.0 Å². The highest BCUT2D eigenvalue weighted by Crippen LogP contribution is 2.21. The van der Waals surface area contributed by atoms with Crippen molar-refractivity contribution in [1.82, 2.24) is 24.6 Å². The van der Waals surface area contributed by atoms with Crippen molar-refractivity contribution >= 4 is 17.0 Å². The van der Waals surface area contributed by atoms with Crippen molar-refractivity contribution in [1.29, 1.82) is 0 Å². The Morgan fingerprint density at radius 1 is 1.38 bits per heavy atom. The van der Waals surface area contributed by atoms with E-state index in [4.69, 9.17) is 4.74 Å². The standard InChI is InChI=1S/C17H19N5O2/c1-24-17(23)10-22-15-6-7-18-8-12(15)14(20-22)9-21-11-19-13-4-2-3-5-16(13)21/h2-5,11,18H,6-10H2,1H3. The smallest absolute Gasteiger partial charge is 0.327 e. The summed E-state index contributed by atoms with van der Waals surface area (Å²) in [7, 11) is 1.40. The zero-order valence-corrected chi connectivity index (χ0v) is 13.5. The Bertz CT molecular complexity index is 896. The van der Waals surface area contributed by atoms with Gasteiger partial charge in [-0.25, -0.2) is 4.98 Å². The molecule has 0 spiro atoms. The minimum absolute atomic E-state index is 0.156. The van der Waals surface area contributed by atoms with Gasteiger partial charge in [0.2, 0.25) is 0 Å². The van der Waals surface area contributed by atoms with Gasteiger partial charge in [0.05, 0.1) is 36.7 Å². The number of hydrogen-bond acceptors (Lipinski definition) is 5. The van der Waals surface area contributed by atoms with Gasteiger partial charge in [-0.2, -0.15) is 5.10 Å². The molecule has 1 N–H and O–H groups in total. The Hall–Kier alpha value is -2.67. The molecule has 0 bridgehead atoms. The number of benzene rings is 1. The molecule has 0 atom stereocenters. The van der Waals surface area contributed by atoms with Crippen molar-refractivity contribution < 1.29 is 9.53 Å². The summed E-state index contributed by atoms with van der Waals surface area (Å²) in [6.07, 6.45) is 2.71. The minimum Gasteiger partial charge on any atom is -0.468 e. The third kappa shape index (κ3) is 2.56. The van der Waals surface area contributed by atoms with Gasteiger partial charge < -0.3 is 14.6 Å². The lowest BCUT2D eigenvalue weighted by Crippen LogP contribution is -2.26. The fourth-order valence-corrected chi connectivity index (χ4v) is 3.24. The molecule has 3 aromatic rings. The molecule has 2 aromatic heterocycles. The molecule has 1 aliphatic heterocycles. The van der Waals surface area contributed by atoms with Crippen molar-refractivity contribution in [2.45, 2.75) is 26.1 Å². The number of rotatable bonds is 4. The number of esters is 1. The van der Waals surface area contributed by atoms with Crippen LogP contribution in [0.25, 0.3) is 11.0 Å². The molecule has 4 rings (SSSR count). The molecule has 1 aromatic carbocycles. The molecule has 0 fully saturated rings. The molecule has 0 aliphatic carbocycles. The number of fused-ring (bicyclic) bond motifs is 2. The lowest BCUT2D eigenvalue weighted by atomic mass is 10.1. The number of ether oxygens (including phenoxy) is 1. The topological polar surface area (TPSA) is 74.0 Å². The van der Waals surface area contributed by atoms with E-state index in [9.17, 15) is 4.79 Å². The number of carbonyl (C=O) groups excluding carboxylic acids is 1. The predicted octanol–water partition coefficient (Wildman–Crippen LogP) is 1.10. The van der Waals surface area contributed by atoms with E-state index in [-0.39, 0.29) is 12.5 Å². The maximum Gasteiger partial charge on any atom is 0.327 e. The molecular weight excluding hydrogens is 306 g/mol. The second-order valence-corrected chi connectivity index (χ2v) is 5.89. The van der Waals surface area contributed by atoms with Crippen molar-refractivity contribution in [3.8, 4) is 0 Å². The molecule has 1 aliphatic rings. The van der Waals surface area contributed by atoms with Gasteiger partial charge in [-0.1, -0.05) is 12.1 Å². The van der Waals surface area contributed by atoms with E-state index in [0.717, 1.165) is 41.9 Å². The molecule has 3 heterocycles. The molecule has 0 amide bonds. The van der Waals surface area contributed by atoms with Gasteiger partial charge in [0.15, 0.2) is 0 Å². The fraction of sp³-hybridized carbons (Fsp3) is 0.353. The molecule has 7 nitrogen and oxygen atoms in total. The summed E-state index contributed by atoms with van der Waals surface area (Å²) in [6.45, 7) is 2.47. The summed E-state index contributed by atoms with van der Waals surface area (Å²) in [5, 5.41) is 8.07. The van der Waals surface area contributed by atoms with Gasteiger partial charge in [0.1, 0.15) is 6.54 Å². The second kappa shape index (κ2) is 6.09. The summed E-state index contributed by atoms with van der Waals surface area (Å²) < 4.78 is 8.67. The van der Waals surface area contributed by atoms with Crippen molar-refractivity contribution in [3.05, 3.63) is 47.5 Å². The third-order valence-corrected chi connectivity index (χ3v) is 4.44.